The highest BCUT2D eigenvalue weighted by molar-refractivity contribution is 5.83. The Kier molecular flexibility index (Phi) is 13.5. The predicted octanol–water partition coefficient (Wildman–Crippen LogP) is 4.82. The maximum atomic E-state index is 15.6. The zero-order valence-corrected chi connectivity index (χ0v) is 33.9. The molecular weight excluding hydrogens is 663 g/mol. The molecule has 6 rings (SSSR count). The summed E-state index contributed by atoms with van der Waals surface area (Å²) in [6, 6.07) is -0.729. The third-order valence-electron chi connectivity index (χ3n) is 14.3. The van der Waals surface area contributed by atoms with E-state index in [0.29, 0.717) is 55.5 Å². The van der Waals surface area contributed by atoms with Crippen molar-refractivity contribution in [3.63, 3.8) is 0 Å². The second-order valence-electron chi connectivity index (χ2n) is 19.7. The number of nitrogens with one attached hydrogen (secondary N) is 2. The Morgan fingerprint density at radius 2 is 1.81 bits per heavy atom. The first-order valence-electron chi connectivity index (χ1n) is 20.5. The molecule has 0 spiro atoms. The maximum absolute atomic E-state index is 15.6. The molecule has 0 aromatic heterocycles. The van der Waals surface area contributed by atoms with Crippen LogP contribution >= 0.6 is 0 Å². The Labute approximate surface area is 313 Å². The largest absolute Gasteiger partial charge is 0.394 e. The Hall–Kier alpha value is -1.37. The van der Waals surface area contributed by atoms with Crippen LogP contribution in [0.4, 0.5) is 4.39 Å². The topological polar surface area (TPSA) is 124 Å². The number of carbonyl (C=O) groups excluding carboxylic acids is 2. The van der Waals surface area contributed by atoms with E-state index in [9.17, 15) is 19.8 Å². The number of fused-ring (bicyclic) bond motifs is 2. The Morgan fingerprint density at radius 3 is 2.38 bits per heavy atom. The van der Waals surface area contributed by atoms with Crippen LogP contribution in [-0.4, -0.2) is 116 Å². The van der Waals surface area contributed by atoms with E-state index < -0.39 is 36.3 Å². The first-order chi connectivity index (χ1) is 24.4. The SMILES string of the molecule is COC1C(CN2O[C@@H](CO)[C@@H]([C@H](C)O)[C@H]2C(=O)N[C@H]2C[C@H]3C[C@@H]([C@@H]2C)C3(C)C)CCCC1C1CCC(F)C(C(=O)N[C@@H](CN(C)C)CC(C)(C)C)C1. The molecule has 1 saturated heterocycles. The van der Waals surface area contributed by atoms with Gasteiger partial charge in [0, 0.05) is 44.1 Å². The molecule has 300 valence electrons. The van der Waals surface area contributed by atoms with Gasteiger partial charge in [0.05, 0.1) is 24.7 Å². The number of halogens is 1. The highest BCUT2D eigenvalue weighted by atomic mass is 19.1. The van der Waals surface area contributed by atoms with Gasteiger partial charge < -0.3 is 30.5 Å². The van der Waals surface area contributed by atoms with Gasteiger partial charge in [-0.05, 0) is 113 Å². The minimum Gasteiger partial charge on any atom is -0.394 e. The van der Waals surface area contributed by atoms with Crippen molar-refractivity contribution in [1.29, 1.82) is 0 Å². The Bertz CT molecular complexity index is 1210. The number of ether oxygens (including phenoxy) is 1. The van der Waals surface area contributed by atoms with E-state index in [4.69, 9.17) is 9.57 Å². The number of hydrogen-bond donors (Lipinski definition) is 4. The number of hydroxylamine groups is 2. The van der Waals surface area contributed by atoms with Crippen LogP contribution in [-0.2, 0) is 19.2 Å². The van der Waals surface area contributed by atoms with E-state index in [2.05, 4.69) is 57.1 Å². The number of nitrogens with zero attached hydrogens (tertiary/aromatic N) is 2. The van der Waals surface area contributed by atoms with Crippen molar-refractivity contribution in [3.05, 3.63) is 0 Å². The number of amides is 2. The summed E-state index contributed by atoms with van der Waals surface area (Å²) in [4.78, 5) is 36.4. The van der Waals surface area contributed by atoms with Gasteiger partial charge in [-0.2, -0.15) is 5.06 Å². The van der Waals surface area contributed by atoms with E-state index in [1.165, 1.54) is 6.42 Å². The average Bonchev–Trinajstić information content (AvgIpc) is 3.43. The van der Waals surface area contributed by atoms with Crippen molar-refractivity contribution >= 4 is 11.8 Å². The number of carbonyl (C=O) groups is 2. The third-order valence-corrected chi connectivity index (χ3v) is 14.3. The maximum Gasteiger partial charge on any atom is 0.240 e. The fourth-order valence-electron chi connectivity index (χ4n) is 11.6. The van der Waals surface area contributed by atoms with Crippen LogP contribution in [0.2, 0.25) is 0 Å². The summed E-state index contributed by atoms with van der Waals surface area (Å²) >= 11 is 0. The summed E-state index contributed by atoms with van der Waals surface area (Å²) in [5, 5.41) is 29.6. The van der Waals surface area contributed by atoms with Gasteiger partial charge in [-0.3, -0.25) is 14.4 Å². The van der Waals surface area contributed by atoms with Crippen LogP contribution in [0.3, 0.4) is 0 Å². The molecule has 52 heavy (non-hydrogen) atoms. The van der Waals surface area contributed by atoms with Gasteiger partial charge >= 0.3 is 0 Å². The first kappa shape index (κ1) is 41.8. The van der Waals surface area contributed by atoms with Crippen molar-refractivity contribution in [3.8, 4) is 0 Å². The number of rotatable bonds is 13. The fourth-order valence-corrected chi connectivity index (χ4v) is 11.6. The second-order valence-corrected chi connectivity index (χ2v) is 19.7. The van der Waals surface area contributed by atoms with Gasteiger partial charge in [0.2, 0.25) is 11.8 Å². The molecule has 15 atom stereocenters. The van der Waals surface area contributed by atoms with E-state index in [0.717, 1.165) is 32.1 Å². The monoisotopic (exact) mass is 737 g/mol. The smallest absolute Gasteiger partial charge is 0.240 e. The molecule has 4 N–H and O–H groups in total. The van der Waals surface area contributed by atoms with Crippen molar-refractivity contribution in [2.24, 2.45) is 58.2 Å². The molecular formula is C41H73FN4O6. The lowest BCUT2D eigenvalue weighted by Gasteiger charge is -2.62. The zero-order chi connectivity index (χ0) is 38.3. The average molecular weight is 737 g/mol. The summed E-state index contributed by atoms with van der Waals surface area (Å²) in [6.45, 7) is 15.9. The highest BCUT2D eigenvalue weighted by Gasteiger charge is 2.58. The molecule has 1 aliphatic heterocycles. The quantitative estimate of drug-likeness (QED) is 0.213. The third kappa shape index (κ3) is 9.01. The molecule has 2 amide bonds. The van der Waals surface area contributed by atoms with Gasteiger partial charge in [-0.1, -0.05) is 48.0 Å². The van der Waals surface area contributed by atoms with Crippen LogP contribution < -0.4 is 10.6 Å². The van der Waals surface area contributed by atoms with E-state index in [1.807, 2.05) is 14.1 Å². The zero-order valence-electron chi connectivity index (χ0n) is 33.9. The van der Waals surface area contributed by atoms with Crippen LogP contribution in [0.25, 0.3) is 0 Å². The molecule has 1 heterocycles. The van der Waals surface area contributed by atoms with Gasteiger partial charge in [-0.25, -0.2) is 4.39 Å². The number of aliphatic hydroxyl groups excluding tert-OH is 2. The highest BCUT2D eigenvalue weighted by Crippen LogP contribution is 2.61. The van der Waals surface area contributed by atoms with Crippen molar-refractivity contribution in [1.82, 2.24) is 20.6 Å². The molecule has 10 nitrogen and oxygen atoms in total. The second kappa shape index (κ2) is 16.8. The fraction of sp³-hybridized carbons (Fsp3) is 0.951. The molecule has 11 heteroatoms. The normalized spacial score (nSPS) is 40.5. The number of alkyl halides is 1. The van der Waals surface area contributed by atoms with Gasteiger partial charge in [0.15, 0.2) is 0 Å². The molecule has 5 saturated carbocycles. The lowest BCUT2D eigenvalue weighted by atomic mass is 9.45. The predicted molar refractivity (Wildman–Crippen MR) is 201 cm³/mol. The summed E-state index contributed by atoms with van der Waals surface area (Å²) in [6.07, 6.45) is 4.47. The van der Waals surface area contributed by atoms with E-state index in [-0.39, 0.29) is 59.8 Å². The van der Waals surface area contributed by atoms with Crippen molar-refractivity contribution in [2.45, 2.75) is 149 Å². The number of likely N-dealkylation sites (N-methyl/N-ethyl adjacent to an activating group) is 1. The van der Waals surface area contributed by atoms with Crippen molar-refractivity contribution < 1.29 is 33.8 Å². The Balaban J connectivity index is 1.28. The molecule has 6 fully saturated rings. The summed E-state index contributed by atoms with van der Waals surface area (Å²) < 4.78 is 21.8. The van der Waals surface area contributed by atoms with Gasteiger partial charge in [0.1, 0.15) is 18.3 Å². The van der Waals surface area contributed by atoms with Gasteiger partial charge in [-0.15, -0.1) is 0 Å². The summed E-state index contributed by atoms with van der Waals surface area (Å²) in [5.41, 5.74) is 0.325. The molecule has 0 radical (unpaired) electrons. The molecule has 6 aliphatic rings. The lowest BCUT2D eigenvalue weighted by molar-refractivity contribution is -0.193. The minimum atomic E-state index is -1.17. The number of hydrogen-bond acceptors (Lipinski definition) is 8. The molecule has 5 aliphatic carbocycles. The van der Waals surface area contributed by atoms with Crippen LogP contribution in [0, 0.1) is 58.2 Å². The number of methoxy groups -OCH3 is 1. The Morgan fingerprint density at radius 1 is 1.10 bits per heavy atom. The standard InChI is InChI=1S/C41H73FN4O6/c1-23-31-17-27(41(31,6)7)18-33(23)44-39(50)36-35(24(2)48)34(22-47)52-46(36)20-26-12-11-13-29(37(26)51-10)25-14-15-32(42)30(16-25)38(49)43-28(21-45(8)9)19-40(3,4)5/h23-37,47-48H,11-22H2,1-10H3,(H,43,49)(H,44,50)/t23-,24-,25?,26?,27+,28+,29?,30?,31-,32?,33-,34-,35+,36-,37?/m0/s1. The molecule has 2 bridgehead atoms. The minimum absolute atomic E-state index is 0.0257. The van der Waals surface area contributed by atoms with Crippen molar-refractivity contribution in [2.75, 3.05) is 40.9 Å². The van der Waals surface area contributed by atoms with E-state index >= 15 is 4.39 Å². The lowest BCUT2D eigenvalue weighted by Crippen LogP contribution is -2.62. The number of aliphatic hydroxyl groups is 2. The van der Waals surface area contributed by atoms with Gasteiger partial charge in [0.25, 0.3) is 0 Å². The van der Waals surface area contributed by atoms with Crippen LogP contribution in [0.5, 0.6) is 0 Å². The molecule has 6 unspecified atom stereocenters. The van der Waals surface area contributed by atoms with E-state index in [1.54, 1.807) is 19.1 Å². The van der Waals surface area contributed by atoms with Crippen LogP contribution in [0.1, 0.15) is 106 Å². The molecule has 0 aromatic carbocycles. The summed E-state index contributed by atoms with van der Waals surface area (Å²) in [5.74, 6) is 0.253. The summed E-state index contributed by atoms with van der Waals surface area (Å²) in [7, 11) is 5.73. The first-order valence-corrected chi connectivity index (χ1v) is 20.5. The van der Waals surface area contributed by atoms with Crippen LogP contribution in [0.15, 0.2) is 0 Å². The molecule has 0 aromatic rings.